The summed E-state index contributed by atoms with van der Waals surface area (Å²) in [7, 11) is -0.446. The van der Waals surface area contributed by atoms with Gasteiger partial charge in [-0.2, -0.15) is 0 Å². The Labute approximate surface area is 146 Å². The van der Waals surface area contributed by atoms with Gasteiger partial charge in [-0.15, -0.1) is 0 Å². The second-order valence-electron chi connectivity index (χ2n) is 4.34. The molecule has 0 aliphatic heterocycles. The maximum atomic E-state index is 4.00. The predicted molar refractivity (Wildman–Crippen MR) is 93.5 cm³/mol. The molecule has 115 valence electrons. The fourth-order valence-corrected chi connectivity index (χ4v) is 4.48. The fourth-order valence-electron chi connectivity index (χ4n) is 2.18. The van der Waals surface area contributed by atoms with Crippen molar-refractivity contribution in [3.05, 3.63) is 91.0 Å². The average molecular weight is 397 g/mol. The number of nitrogens with two attached hydrogens (primary N) is 2. The molecule has 3 rings (SSSR count). The Morgan fingerprint density at radius 2 is 0.682 bits per heavy atom. The molecule has 3 aromatic rings. The average Bonchev–Trinajstić information content (AvgIpc) is 2.60. The molecule has 0 fully saturated rings. The minimum atomic E-state index is -0.446. The predicted octanol–water partition coefficient (Wildman–Crippen LogP) is 2.26. The minimum absolute atomic E-state index is 0. The summed E-state index contributed by atoms with van der Waals surface area (Å²) in [6.07, 6.45) is 0. The van der Waals surface area contributed by atoms with Gasteiger partial charge in [-0.05, 0) is 23.8 Å². The van der Waals surface area contributed by atoms with E-state index in [1.807, 2.05) is 0 Å². The van der Waals surface area contributed by atoms with Crippen molar-refractivity contribution in [2.75, 3.05) is 0 Å². The van der Waals surface area contributed by atoms with Gasteiger partial charge < -0.3 is 0 Å². The number of hydrogen-bond donors (Lipinski definition) is 2. The molecule has 2 nitrogen and oxygen atoms in total. The van der Waals surface area contributed by atoms with E-state index in [1.165, 1.54) is 15.9 Å². The van der Waals surface area contributed by atoms with Crippen LogP contribution >= 0.6 is 7.92 Å². The third-order valence-electron chi connectivity index (χ3n) is 3.04. The van der Waals surface area contributed by atoms with E-state index in [0.717, 1.165) is 0 Å². The molecular formula is C18H19N2PRh. The van der Waals surface area contributed by atoms with Gasteiger partial charge in [0, 0.05) is 19.5 Å². The Morgan fingerprint density at radius 3 is 0.909 bits per heavy atom. The molecule has 0 spiro atoms. The second kappa shape index (κ2) is 10.4. The first kappa shape index (κ1) is 18.7. The monoisotopic (exact) mass is 397 g/mol. The summed E-state index contributed by atoms with van der Waals surface area (Å²) in [5, 5.41) is 4.19. The van der Waals surface area contributed by atoms with E-state index < -0.39 is 7.92 Å². The van der Waals surface area contributed by atoms with E-state index in [1.54, 1.807) is 0 Å². The van der Waals surface area contributed by atoms with Crippen molar-refractivity contribution in [3.8, 4) is 0 Å². The Bertz CT molecular complexity index is 539. The summed E-state index contributed by atoms with van der Waals surface area (Å²) in [6, 6.07) is 32.3. The van der Waals surface area contributed by atoms with Crippen LogP contribution in [0.3, 0.4) is 0 Å². The van der Waals surface area contributed by atoms with E-state index in [9.17, 15) is 0 Å². The van der Waals surface area contributed by atoms with Crippen molar-refractivity contribution >= 4 is 23.8 Å². The summed E-state index contributed by atoms with van der Waals surface area (Å²) in [4.78, 5) is 0. The van der Waals surface area contributed by atoms with Gasteiger partial charge in [0.15, 0.2) is 0 Å². The van der Waals surface area contributed by atoms with Gasteiger partial charge in [-0.1, -0.05) is 91.0 Å². The Hall–Kier alpha value is -1.37. The van der Waals surface area contributed by atoms with E-state index in [4.69, 9.17) is 0 Å². The van der Waals surface area contributed by atoms with Crippen LogP contribution in [0.15, 0.2) is 91.0 Å². The zero-order chi connectivity index (χ0) is 14.9. The summed E-state index contributed by atoms with van der Waals surface area (Å²) < 4.78 is 0. The van der Waals surface area contributed by atoms with Crippen LogP contribution in [-0.4, -0.2) is 0 Å². The SMILES string of the molecule is NN.[Rh].c1ccc(P(c2ccccc2)c2ccccc2)cc1. The van der Waals surface area contributed by atoms with E-state index in [-0.39, 0.29) is 19.5 Å². The molecule has 0 aliphatic carbocycles. The summed E-state index contributed by atoms with van der Waals surface area (Å²) in [6.45, 7) is 0. The molecule has 0 saturated carbocycles. The van der Waals surface area contributed by atoms with E-state index in [2.05, 4.69) is 103 Å². The van der Waals surface area contributed by atoms with Gasteiger partial charge in [0.1, 0.15) is 0 Å². The molecular weight excluding hydrogens is 378 g/mol. The first-order chi connectivity index (χ1) is 10.4. The number of rotatable bonds is 3. The van der Waals surface area contributed by atoms with Gasteiger partial charge >= 0.3 is 0 Å². The van der Waals surface area contributed by atoms with E-state index in [0.29, 0.717) is 0 Å². The van der Waals surface area contributed by atoms with Crippen molar-refractivity contribution in [3.63, 3.8) is 0 Å². The van der Waals surface area contributed by atoms with Gasteiger partial charge in [0.2, 0.25) is 0 Å². The quantitative estimate of drug-likeness (QED) is 0.308. The first-order valence-electron chi connectivity index (χ1n) is 6.74. The Balaban J connectivity index is 0.000000775. The van der Waals surface area contributed by atoms with Crippen molar-refractivity contribution in [1.29, 1.82) is 0 Å². The standard InChI is InChI=1S/C18H15P.H4N2.Rh/c1-4-10-16(11-5-1)19(17-12-6-2-7-13-17)18-14-8-3-9-15-18;1-2;/h1-15H;1-2H2;. The molecule has 4 heteroatoms. The van der Waals surface area contributed by atoms with Gasteiger partial charge in [-0.25, -0.2) is 0 Å². The third kappa shape index (κ3) is 4.83. The van der Waals surface area contributed by atoms with Crippen molar-refractivity contribution in [2.24, 2.45) is 11.7 Å². The van der Waals surface area contributed by atoms with Crippen LogP contribution in [0.5, 0.6) is 0 Å². The number of hydrazine groups is 1. The maximum absolute atomic E-state index is 4.00. The van der Waals surface area contributed by atoms with Gasteiger partial charge in [-0.3, -0.25) is 11.7 Å². The molecule has 0 unspecified atom stereocenters. The third-order valence-corrected chi connectivity index (χ3v) is 5.49. The second-order valence-corrected chi connectivity index (χ2v) is 6.56. The van der Waals surface area contributed by atoms with Crippen LogP contribution in [0.25, 0.3) is 0 Å². The molecule has 0 atom stereocenters. The molecule has 3 aromatic carbocycles. The van der Waals surface area contributed by atoms with Crippen LogP contribution < -0.4 is 27.6 Å². The molecule has 1 radical (unpaired) electrons. The van der Waals surface area contributed by atoms with Crippen molar-refractivity contribution in [2.45, 2.75) is 0 Å². The number of benzene rings is 3. The van der Waals surface area contributed by atoms with Crippen LogP contribution in [0.2, 0.25) is 0 Å². The van der Waals surface area contributed by atoms with Crippen LogP contribution in [-0.2, 0) is 19.5 Å². The van der Waals surface area contributed by atoms with Crippen LogP contribution in [0.1, 0.15) is 0 Å². The van der Waals surface area contributed by atoms with Crippen molar-refractivity contribution in [1.82, 2.24) is 0 Å². The smallest absolute Gasteiger partial charge is 0 e. The largest absolute Gasteiger partial charge is 0.274 e. The van der Waals surface area contributed by atoms with Gasteiger partial charge in [0.25, 0.3) is 0 Å². The summed E-state index contributed by atoms with van der Waals surface area (Å²) >= 11 is 0. The zero-order valence-electron chi connectivity index (χ0n) is 12.1. The Kier molecular flexibility index (Phi) is 8.81. The normalized spacial score (nSPS) is 9.41. The molecule has 0 saturated heterocycles. The molecule has 0 aromatic heterocycles. The summed E-state index contributed by atoms with van der Waals surface area (Å²) in [5.74, 6) is 8.00. The van der Waals surface area contributed by atoms with Crippen LogP contribution in [0.4, 0.5) is 0 Å². The zero-order valence-corrected chi connectivity index (χ0v) is 14.6. The molecule has 22 heavy (non-hydrogen) atoms. The Morgan fingerprint density at radius 1 is 0.455 bits per heavy atom. The fraction of sp³-hybridized carbons (Fsp3) is 0. The maximum Gasteiger partial charge on any atom is 0 e. The van der Waals surface area contributed by atoms with E-state index >= 15 is 0 Å². The molecule has 0 bridgehead atoms. The molecule has 0 aliphatic rings. The van der Waals surface area contributed by atoms with Crippen molar-refractivity contribution < 1.29 is 19.5 Å². The molecule has 4 N–H and O–H groups in total. The summed E-state index contributed by atoms with van der Waals surface area (Å²) in [5.41, 5.74) is 0. The van der Waals surface area contributed by atoms with Crippen LogP contribution in [0, 0.1) is 0 Å². The molecule has 0 heterocycles. The topological polar surface area (TPSA) is 52.0 Å². The first-order valence-corrected chi connectivity index (χ1v) is 8.08. The molecule has 0 amide bonds. The minimum Gasteiger partial charge on any atom is -0.274 e. The van der Waals surface area contributed by atoms with Gasteiger partial charge in [0.05, 0.1) is 0 Å². The number of hydrogen-bond acceptors (Lipinski definition) is 2.